The molecule has 0 atom stereocenters. The Bertz CT molecular complexity index is 2870. The Kier molecular flexibility index (Phi) is 7.18. The van der Waals surface area contributed by atoms with Crippen molar-refractivity contribution in [2.75, 3.05) is 4.90 Å². The Labute approximate surface area is 302 Å². The first-order valence-corrected chi connectivity index (χ1v) is 17.8. The van der Waals surface area contributed by atoms with Crippen molar-refractivity contribution >= 4 is 60.5 Å². The summed E-state index contributed by atoms with van der Waals surface area (Å²) in [5.41, 5.74) is 12.1. The minimum absolute atomic E-state index is 0.896. The Morgan fingerprint density at radius 2 is 0.865 bits per heavy atom. The molecule has 2 nitrogen and oxygen atoms in total. The van der Waals surface area contributed by atoms with E-state index in [2.05, 4.69) is 205 Å². The monoisotopic (exact) mass is 663 g/mol. The molecular weight excluding hydrogens is 631 g/mol. The molecule has 0 aliphatic heterocycles. The van der Waals surface area contributed by atoms with E-state index >= 15 is 0 Å². The molecule has 0 spiro atoms. The van der Waals surface area contributed by atoms with Crippen LogP contribution in [0, 0.1) is 0 Å². The number of rotatable bonds is 6. The van der Waals surface area contributed by atoms with E-state index in [1.165, 1.54) is 43.8 Å². The third kappa shape index (κ3) is 5.21. The molecule has 10 aromatic rings. The summed E-state index contributed by atoms with van der Waals surface area (Å²) in [6, 6.07) is 71.6. The summed E-state index contributed by atoms with van der Waals surface area (Å²) in [4.78, 5) is 2.35. The lowest BCUT2D eigenvalue weighted by Gasteiger charge is -2.26. The van der Waals surface area contributed by atoms with Crippen molar-refractivity contribution in [1.82, 2.24) is 0 Å². The van der Waals surface area contributed by atoms with E-state index in [4.69, 9.17) is 4.42 Å². The summed E-state index contributed by atoms with van der Waals surface area (Å²) in [7, 11) is 0. The van der Waals surface area contributed by atoms with E-state index in [9.17, 15) is 0 Å². The number of nitrogens with zero attached hydrogens (tertiary/aromatic N) is 1. The molecule has 2 heteroatoms. The molecule has 0 saturated carbocycles. The van der Waals surface area contributed by atoms with E-state index in [0.717, 1.165) is 50.1 Å². The van der Waals surface area contributed by atoms with Crippen LogP contribution in [0.1, 0.15) is 0 Å². The van der Waals surface area contributed by atoms with Gasteiger partial charge in [0.1, 0.15) is 11.2 Å². The van der Waals surface area contributed by atoms with Gasteiger partial charge in [-0.15, -0.1) is 0 Å². The van der Waals surface area contributed by atoms with Crippen LogP contribution < -0.4 is 4.90 Å². The molecule has 1 heterocycles. The standard InChI is InChI=1S/C50H33NO/c1-3-10-34(11-4-1)36-20-25-41(26-21-36)51(43-29-30-45-40(32-43)19-18-37-14-7-8-15-44(37)45)42-27-22-38(23-28-42)46-16-9-17-47-48-33-39(35-12-5-2-6-13-35)24-31-49(48)52-50(46)47/h1-33H. The maximum Gasteiger partial charge on any atom is 0.143 e. The molecule has 52 heavy (non-hydrogen) atoms. The van der Waals surface area contributed by atoms with Crippen molar-refractivity contribution in [3.63, 3.8) is 0 Å². The fourth-order valence-electron chi connectivity index (χ4n) is 7.65. The van der Waals surface area contributed by atoms with Gasteiger partial charge in [-0.05, 0) is 97.9 Å². The van der Waals surface area contributed by atoms with Crippen LogP contribution in [0.25, 0.3) is 76.9 Å². The molecule has 0 aliphatic rings. The minimum atomic E-state index is 0.896. The average Bonchev–Trinajstić information content (AvgIpc) is 3.60. The molecule has 0 N–H and O–H groups in total. The maximum atomic E-state index is 6.55. The van der Waals surface area contributed by atoms with E-state index in [-0.39, 0.29) is 0 Å². The van der Waals surface area contributed by atoms with E-state index in [0.29, 0.717) is 0 Å². The first kappa shape index (κ1) is 30.0. The summed E-state index contributed by atoms with van der Waals surface area (Å²) in [5, 5.41) is 7.24. The normalized spacial score (nSPS) is 11.5. The number of para-hydroxylation sites is 1. The van der Waals surface area contributed by atoms with Crippen LogP contribution in [-0.2, 0) is 0 Å². The first-order valence-electron chi connectivity index (χ1n) is 17.8. The summed E-state index contributed by atoms with van der Waals surface area (Å²) in [6.45, 7) is 0. The molecule has 0 unspecified atom stereocenters. The summed E-state index contributed by atoms with van der Waals surface area (Å²) in [6.07, 6.45) is 0. The van der Waals surface area contributed by atoms with Crippen LogP contribution in [0.2, 0.25) is 0 Å². The Morgan fingerprint density at radius 1 is 0.308 bits per heavy atom. The van der Waals surface area contributed by atoms with Gasteiger partial charge in [-0.3, -0.25) is 0 Å². The second kappa shape index (κ2) is 12.5. The van der Waals surface area contributed by atoms with Crippen LogP contribution >= 0.6 is 0 Å². The average molecular weight is 664 g/mol. The van der Waals surface area contributed by atoms with Gasteiger partial charge in [0.05, 0.1) is 0 Å². The highest BCUT2D eigenvalue weighted by Crippen LogP contribution is 2.41. The van der Waals surface area contributed by atoms with Crippen LogP contribution in [0.4, 0.5) is 17.1 Å². The number of anilines is 3. The van der Waals surface area contributed by atoms with Gasteiger partial charge >= 0.3 is 0 Å². The lowest BCUT2D eigenvalue weighted by molar-refractivity contribution is 0.670. The maximum absolute atomic E-state index is 6.55. The third-order valence-electron chi connectivity index (χ3n) is 10.3. The fourth-order valence-corrected chi connectivity index (χ4v) is 7.65. The quantitative estimate of drug-likeness (QED) is 0.165. The largest absolute Gasteiger partial charge is 0.455 e. The second-order valence-corrected chi connectivity index (χ2v) is 13.3. The molecule has 0 aliphatic carbocycles. The SMILES string of the molecule is c1ccc(-c2ccc(N(c3ccc(-c4cccc5c4oc4ccc(-c6ccccc6)cc45)cc3)c3ccc4c(ccc5ccccc54)c3)cc2)cc1. The topological polar surface area (TPSA) is 16.4 Å². The van der Waals surface area contributed by atoms with Gasteiger partial charge in [0.2, 0.25) is 0 Å². The number of furan rings is 1. The molecule has 244 valence electrons. The zero-order chi connectivity index (χ0) is 34.4. The highest BCUT2D eigenvalue weighted by Gasteiger charge is 2.17. The summed E-state index contributed by atoms with van der Waals surface area (Å²) < 4.78 is 6.55. The van der Waals surface area contributed by atoms with E-state index in [1.54, 1.807) is 0 Å². The molecule has 0 radical (unpaired) electrons. The predicted molar refractivity (Wildman–Crippen MR) is 220 cm³/mol. The van der Waals surface area contributed by atoms with E-state index in [1.807, 2.05) is 0 Å². The van der Waals surface area contributed by atoms with Crippen molar-refractivity contribution in [3.05, 3.63) is 200 Å². The predicted octanol–water partition coefficient (Wildman–Crippen LogP) is 14.4. The van der Waals surface area contributed by atoms with Crippen molar-refractivity contribution in [2.45, 2.75) is 0 Å². The Balaban J connectivity index is 1.07. The lowest BCUT2D eigenvalue weighted by Crippen LogP contribution is -2.09. The van der Waals surface area contributed by atoms with Gasteiger partial charge in [0.15, 0.2) is 0 Å². The third-order valence-corrected chi connectivity index (χ3v) is 10.3. The van der Waals surface area contributed by atoms with Crippen molar-refractivity contribution < 1.29 is 4.42 Å². The summed E-state index contributed by atoms with van der Waals surface area (Å²) in [5.74, 6) is 0. The second-order valence-electron chi connectivity index (χ2n) is 13.3. The number of hydrogen-bond donors (Lipinski definition) is 0. The number of hydrogen-bond acceptors (Lipinski definition) is 2. The molecule has 10 rings (SSSR count). The van der Waals surface area contributed by atoms with E-state index < -0.39 is 0 Å². The van der Waals surface area contributed by atoms with Gasteiger partial charge < -0.3 is 9.32 Å². The highest BCUT2D eigenvalue weighted by molar-refractivity contribution is 6.11. The molecule has 0 fully saturated rings. The first-order chi connectivity index (χ1) is 25.8. The number of fused-ring (bicyclic) bond motifs is 6. The van der Waals surface area contributed by atoms with Gasteiger partial charge in [0, 0.05) is 33.4 Å². The van der Waals surface area contributed by atoms with Crippen molar-refractivity contribution in [1.29, 1.82) is 0 Å². The fraction of sp³-hybridized carbons (Fsp3) is 0. The van der Waals surface area contributed by atoms with Crippen molar-refractivity contribution in [3.8, 4) is 33.4 Å². The molecule has 0 saturated heterocycles. The highest BCUT2D eigenvalue weighted by atomic mass is 16.3. The zero-order valence-electron chi connectivity index (χ0n) is 28.4. The number of benzene rings is 9. The molecule has 0 bridgehead atoms. The smallest absolute Gasteiger partial charge is 0.143 e. The Hall–Kier alpha value is -6.90. The lowest BCUT2D eigenvalue weighted by atomic mass is 9.99. The van der Waals surface area contributed by atoms with Gasteiger partial charge in [-0.1, -0.05) is 152 Å². The van der Waals surface area contributed by atoms with Gasteiger partial charge in [0.25, 0.3) is 0 Å². The zero-order valence-corrected chi connectivity index (χ0v) is 28.4. The van der Waals surface area contributed by atoms with Crippen LogP contribution in [0.3, 0.4) is 0 Å². The Morgan fingerprint density at radius 3 is 1.62 bits per heavy atom. The molecule has 0 amide bonds. The molecule has 1 aromatic heterocycles. The van der Waals surface area contributed by atoms with Gasteiger partial charge in [-0.25, -0.2) is 0 Å². The van der Waals surface area contributed by atoms with Crippen LogP contribution in [0.5, 0.6) is 0 Å². The van der Waals surface area contributed by atoms with Crippen molar-refractivity contribution in [2.24, 2.45) is 0 Å². The van der Waals surface area contributed by atoms with Gasteiger partial charge in [-0.2, -0.15) is 0 Å². The van der Waals surface area contributed by atoms with Crippen LogP contribution in [-0.4, -0.2) is 0 Å². The molecule has 9 aromatic carbocycles. The molecular formula is C50H33NO. The summed E-state index contributed by atoms with van der Waals surface area (Å²) >= 11 is 0. The minimum Gasteiger partial charge on any atom is -0.455 e. The van der Waals surface area contributed by atoms with Crippen LogP contribution in [0.15, 0.2) is 205 Å².